The van der Waals surface area contributed by atoms with Crippen molar-refractivity contribution in [1.29, 1.82) is 0 Å². The number of thiophene rings is 1. The largest absolute Gasteiger partial charge is 0.309 e. The second-order valence-corrected chi connectivity index (χ2v) is 14.9. The molecular formula is C50H31N5S. The zero-order valence-corrected chi connectivity index (χ0v) is 30.9. The molecule has 0 fully saturated rings. The minimum Gasteiger partial charge on any atom is -0.309 e. The van der Waals surface area contributed by atoms with Crippen LogP contribution in [0.5, 0.6) is 0 Å². The van der Waals surface area contributed by atoms with Gasteiger partial charge in [-0.25, -0.2) is 15.0 Å². The standard InChI is InChI=1S/C50H31N5S/c1-5-16-32(17-6-1)35-30-41(50-53-48(33-18-7-2-8-19-33)52-49(54-50)34-20-9-3-10-21-34)45(51-31-35)40-26-15-25-37-38-28-29-43-44(47(38)56-46(37)40)39-24-13-14-27-42(39)55(43)36-22-11-4-12-23-36/h1-31H. The molecule has 0 atom stereocenters. The molecule has 4 heterocycles. The quantitative estimate of drug-likeness (QED) is 0.171. The summed E-state index contributed by atoms with van der Waals surface area (Å²) >= 11 is 1.83. The van der Waals surface area contributed by atoms with Crippen LogP contribution in [0, 0.1) is 0 Å². The highest BCUT2D eigenvalue weighted by atomic mass is 32.1. The third kappa shape index (κ3) is 5.30. The van der Waals surface area contributed by atoms with E-state index in [1.54, 1.807) is 0 Å². The predicted octanol–water partition coefficient (Wildman–Crippen LogP) is 13.1. The van der Waals surface area contributed by atoms with E-state index in [0.29, 0.717) is 17.5 Å². The van der Waals surface area contributed by atoms with E-state index >= 15 is 0 Å². The fraction of sp³-hybridized carbons (Fsp3) is 0. The van der Waals surface area contributed by atoms with Crippen molar-refractivity contribution in [1.82, 2.24) is 24.5 Å². The van der Waals surface area contributed by atoms with Crippen LogP contribution in [-0.4, -0.2) is 24.5 Å². The number of nitrogens with zero attached hydrogens (tertiary/aromatic N) is 5. The average molecular weight is 734 g/mol. The highest BCUT2D eigenvalue weighted by Crippen LogP contribution is 2.47. The van der Waals surface area contributed by atoms with Gasteiger partial charge in [-0.2, -0.15) is 0 Å². The zero-order chi connectivity index (χ0) is 37.0. The highest BCUT2D eigenvalue weighted by Gasteiger charge is 2.22. The van der Waals surface area contributed by atoms with E-state index in [1.165, 1.54) is 42.0 Å². The maximum Gasteiger partial charge on any atom is 0.166 e. The summed E-state index contributed by atoms with van der Waals surface area (Å²) in [6, 6.07) is 63.3. The van der Waals surface area contributed by atoms with Crippen LogP contribution < -0.4 is 0 Å². The number of fused-ring (bicyclic) bond motifs is 7. The van der Waals surface area contributed by atoms with Crippen LogP contribution in [0.1, 0.15) is 0 Å². The summed E-state index contributed by atoms with van der Waals surface area (Å²) in [5.74, 6) is 1.80. The number of hydrogen-bond donors (Lipinski definition) is 0. The van der Waals surface area contributed by atoms with Gasteiger partial charge in [0, 0.05) is 70.6 Å². The molecule has 0 unspecified atom stereocenters. The summed E-state index contributed by atoms with van der Waals surface area (Å²) < 4.78 is 4.82. The number of rotatable bonds is 6. The van der Waals surface area contributed by atoms with Gasteiger partial charge in [0.1, 0.15) is 0 Å². The van der Waals surface area contributed by atoms with Crippen molar-refractivity contribution in [2.24, 2.45) is 0 Å². The van der Waals surface area contributed by atoms with Gasteiger partial charge in [-0.15, -0.1) is 11.3 Å². The molecule has 0 bridgehead atoms. The smallest absolute Gasteiger partial charge is 0.166 e. The molecule has 0 saturated heterocycles. The van der Waals surface area contributed by atoms with E-state index in [0.717, 1.165) is 44.8 Å². The summed E-state index contributed by atoms with van der Waals surface area (Å²) in [6.45, 7) is 0. The van der Waals surface area contributed by atoms with Gasteiger partial charge >= 0.3 is 0 Å². The van der Waals surface area contributed by atoms with Crippen molar-refractivity contribution >= 4 is 53.3 Å². The van der Waals surface area contributed by atoms with Crippen LogP contribution in [0.4, 0.5) is 0 Å². The topological polar surface area (TPSA) is 56.5 Å². The molecule has 262 valence electrons. The molecule has 0 aliphatic heterocycles. The van der Waals surface area contributed by atoms with Crippen LogP contribution in [0.25, 0.3) is 104 Å². The maximum atomic E-state index is 5.28. The monoisotopic (exact) mass is 733 g/mol. The average Bonchev–Trinajstić information content (AvgIpc) is 3.83. The molecule has 0 spiro atoms. The van der Waals surface area contributed by atoms with Crippen LogP contribution in [0.3, 0.4) is 0 Å². The van der Waals surface area contributed by atoms with E-state index in [1.807, 2.05) is 84.3 Å². The zero-order valence-electron chi connectivity index (χ0n) is 30.0. The van der Waals surface area contributed by atoms with Gasteiger partial charge < -0.3 is 4.57 Å². The lowest BCUT2D eigenvalue weighted by atomic mass is 9.98. The molecule has 6 heteroatoms. The fourth-order valence-corrected chi connectivity index (χ4v) is 9.29. The Bertz CT molecular complexity index is 3170. The number of aromatic nitrogens is 5. The maximum absolute atomic E-state index is 5.28. The van der Waals surface area contributed by atoms with Crippen molar-refractivity contribution in [3.63, 3.8) is 0 Å². The number of para-hydroxylation sites is 2. The van der Waals surface area contributed by atoms with E-state index < -0.39 is 0 Å². The number of benzene rings is 7. The van der Waals surface area contributed by atoms with Crippen molar-refractivity contribution in [3.05, 3.63) is 188 Å². The van der Waals surface area contributed by atoms with E-state index in [2.05, 4.69) is 120 Å². The minimum absolute atomic E-state index is 0.574. The Kier molecular flexibility index (Phi) is 7.60. The van der Waals surface area contributed by atoms with Crippen molar-refractivity contribution in [2.45, 2.75) is 0 Å². The van der Waals surface area contributed by atoms with Crippen LogP contribution in [0.15, 0.2) is 188 Å². The summed E-state index contributed by atoms with van der Waals surface area (Å²) in [4.78, 5) is 20.7. The van der Waals surface area contributed by atoms with Gasteiger partial charge in [-0.1, -0.05) is 152 Å². The Morgan fingerprint density at radius 1 is 0.393 bits per heavy atom. The van der Waals surface area contributed by atoms with Crippen LogP contribution in [0.2, 0.25) is 0 Å². The van der Waals surface area contributed by atoms with Gasteiger partial charge in [-0.05, 0) is 35.9 Å². The first-order chi connectivity index (χ1) is 27.8. The first-order valence-electron chi connectivity index (χ1n) is 18.6. The summed E-state index contributed by atoms with van der Waals surface area (Å²) in [5.41, 5.74) is 10.2. The van der Waals surface area contributed by atoms with Gasteiger partial charge in [0.2, 0.25) is 0 Å². The first kappa shape index (κ1) is 32.2. The molecule has 7 aromatic carbocycles. The van der Waals surface area contributed by atoms with Crippen molar-refractivity contribution in [3.8, 4) is 62.2 Å². The molecule has 0 N–H and O–H groups in total. The second kappa shape index (κ2) is 13.2. The first-order valence-corrected chi connectivity index (χ1v) is 19.5. The molecule has 0 radical (unpaired) electrons. The lowest BCUT2D eigenvalue weighted by Gasteiger charge is -2.14. The Balaban J connectivity index is 1.19. The molecule has 4 aromatic heterocycles. The lowest BCUT2D eigenvalue weighted by Crippen LogP contribution is -2.02. The lowest BCUT2D eigenvalue weighted by molar-refractivity contribution is 1.07. The van der Waals surface area contributed by atoms with Gasteiger partial charge in [0.15, 0.2) is 17.5 Å². The molecular weight excluding hydrogens is 703 g/mol. The Hall–Kier alpha value is -7.28. The summed E-state index contributed by atoms with van der Waals surface area (Å²) in [6.07, 6.45) is 1.98. The molecule has 0 aliphatic rings. The second-order valence-electron chi connectivity index (χ2n) is 13.8. The van der Waals surface area contributed by atoms with Crippen molar-refractivity contribution in [2.75, 3.05) is 0 Å². The summed E-state index contributed by atoms with van der Waals surface area (Å²) in [5, 5.41) is 4.93. The molecule has 0 saturated carbocycles. The van der Waals surface area contributed by atoms with Gasteiger partial charge in [0.25, 0.3) is 0 Å². The minimum atomic E-state index is 0.574. The number of hydrogen-bond acceptors (Lipinski definition) is 5. The Morgan fingerprint density at radius 2 is 0.964 bits per heavy atom. The van der Waals surface area contributed by atoms with Crippen LogP contribution in [-0.2, 0) is 0 Å². The third-order valence-electron chi connectivity index (χ3n) is 10.5. The van der Waals surface area contributed by atoms with E-state index in [9.17, 15) is 0 Å². The normalized spacial score (nSPS) is 11.6. The van der Waals surface area contributed by atoms with Gasteiger partial charge in [0.05, 0.1) is 16.7 Å². The molecule has 56 heavy (non-hydrogen) atoms. The SMILES string of the molecule is c1ccc(-c2cnc(-c3cccc4c3sc3c4ccc4c3c3ccccc3n4-c3ccccc3)c(-c3nc(-c4ccccc4)nc(-c4ccccc4)n3)c2)cc1. The molecule has 11 rings (SSSR count). The molecule has 0 amide bonds. The summed E-state index contributed by atoms with van der Waals surface area (Å²) in [7, 11) is 0. The van der Waals surface area contributed by atoms with Crippen molar-refractivity contribution < 1.29 is 0 Å². The Morgan fingerprint density at radius 3 is 1.66 bits per heavy atom. The number of pyridine rings is 1. The predicted molar refractivity (Wildman–Crippen MR) is 232 cm³/mol. The third-order valence-corrected chi connectivity index (χ3v) is 11.8. The molecule has 0 aliphatic carbocycles. The van der Waals surface area contributed by atoms with Gasteiger partial charge in [-0.3, -0.25) is 4.98 Å². The van der Waals surface area contributed by atoms with E-state index in [-0.39, 0.29) is 0 Å². The Labute approximate surface area is 326 Å². The fourth-order valence-electron chi connectivity index (χ4n) is 7.92. The molecule has 5 nitrogen and oxygen atoms in total. The van der Waals surface area contributed by atoms with Crippen LogP contribution >= 0.6 is 11.3 Å². The molecule has 11 aromatic rings. The highest BCUT2D eigenvalue weighted by molar-refractivity contribution is 7.27. The van der Waals surface area contributed by atoms with E-state index in [4.69, 9.17) is 19.9 Å².